The van der Waals surface area contributed by atoms with E-state index in [4.69, 9.17) is 4.74 Å². The minimum absolute atomic E-state index is 0.821. The molecule has 0 radical (unpaired) electrons. The molecular formula is C31H23NO. The average Bonchev–Trinajstić information content (AvgIpc) is 3.16. The molecule has 0 aliphatic carbocycles. The van der Waals surface area contributed by atoms with E-state index in [0.717, 1.165) is 22.4 Å². The first-order valence-corrected chi connectivity index (χ1v) is 11.1. The molecule has 0 fully saturated rings. The molecule has 33 heavy (non-hydrogen) atoms. The van der Waals surface area contributed by atoms with Gasteiger partial charge in [-0.15, -0.1) is 0 Å². The highest BCUT2D eigenvalue weighted by Crippen LogP contribution is 2.37. The van der Waals surface area contributed by atoms with Crippen LogP contribution in [0.2, 0.25) is 0 Å². The third-order valence-corrected chi connectivity index (χ3v) is 6.28. The van der Waals surface area contributed by atoms with Gasteiger partial charge in [-0.2, -0.15) is 0 Å². The number of aromatic nitrogens is 1. The molecule has 2 nitrogen and oxygen atoms in total. The lowest BCUT2D eigenvalue weighted by Gasteiger charge is -2.13. The zero-order valence-electron chi connectivity index (χ0n) is 18.5. The summed E-state index contributed by atoms with van der Waals surface area (Å²) >= 11 is 0. The summed E-state index contributed by atoms with van der Waals surface area (Å²) in [4.78, 5) is 0. The van der Waals surface area contributed by atoms with Gasteiger partial charge in [-0.1, -0.05) is 60.7 Å². The van der Waals surface area contributed by atoms with Gasteiger partial charge in [0.1, 0.15) is 5.75 Å². The fourth-order valence-electron chi connectivity index (χ4n) is 4.65. The van der Waals surface area contributed by atoms with E-state index in [-0.39, 0.29) is 0 Å². The standard InChI is InChI=1S/C31H23NO/c1-21-11-14-29-27(18-21)28-20-23(12-15-30(28)32(29)25-9-4-3-5-10-25)24-13-16-31-26(19-24)22(2)8-6-7-17-33-31/h3-20H,2H2,1H3/b8-6-,17-7-. The van der Waals surface area contributed by atoms with Gasteiger partial charge in [0.05, 0.1) is 17.3 Å². The van der Waals surface area contributed by atoms with Gasteiger partial charge in [-0.05, 0) is 78.2 Å². The summed E-state index contributed by atoms with van der Waals surface area (Å²) in [6, 6.07) is 30.3. The number of benzene rings is 4. The molecule has 1 aliphatic heterocycles. The zero-order chi connectivity index (χ0) is 22.4. The van der Waals surface area contributed by atoms with Crippen LogP contribution in [-0.2, 0) is 0 Å². The Morgan fingerprint density at radius 3 is 2.30 bits per heavy atom. The van der Waals surface area contributed by atoms with Crippen LogP contribution in [0.1, 0.15) is 11.1 Å². The molecule has 0 saturated carbocycles. The summed E-state index contributed by atoms with van der Waals surface area (Å²) in [7, 11) is 0. The molecule has 4 aromatic carbocycles. The molecule has 0 N–H and O–H groups in total. The predicted molar refractivity (Wildman–Crippen MR) is 139 cm³/mol. The minimum Gasteiger partial charge on any atom is -0.464 e. The van der Waals surface area contributed by atoms with Crippen LogP contribution in [0.5, 0.6) is 5.75 Å². The molecule has 0 atom stereocenters. The van der Waals surface area contributed by atoms with E-state index in [1.54, 1.807) is 6.26 Å². The molecule has 0 spiro atoms. The van der Waals surface area contributed by atoms with E-state index < -0.39 is 0 Å². The van der Waals surface area contributed by atoms with E-state index in [9.17, 15) is 0 Å². The maximum atomic E-state index is 5.79. The van der Waals surface area contributed by atoms with Crippen LogP contribution in [0.4, 0.5) is 0 Å². The third-order valence-electron chi connectivity index (χ3n) is 6.28. The Bertz CT molecular complexity index is 1600. The summed E-state index contributed by atoms with van der Waals surface area (Å²) in [5, 5.41) is 2.52. The first kappa shape index (κ1) is 19.4. The molecule has 2 heteroatoms. The van der Waals surface area contributed by atoms with Gasteiger partial charge in [-0.3, -0.25) is 0 Å². The molecular weight excluding hydrogens is 402 g/mol. The molecule has 158 valence electrons. The molecule has 2 heterocycles. The van der Waals surface area contributed by atoms with Gasteiger partial charge in [0, 0.05) is 22.0 Å². The van der Waals surface area contributed by atoms with Crippen molar-refractivity contribution in [2.24, 2.45) is 0 Å². The van der Waals surface area contributed by atoms with Crippen LogP contribution in [0.25, 0.3) is 44.2 Å². The van der Waals surface area contributed by atoms with Crippen molar-refractivity contribution < 1.29 is 4.74 Å². The van der Waals surface area contributed by atoms with E-state index in [1.807, 2.05) is 24.3 Å². The fourth-order valence-corrected chi connectivity index (χ4v) is 4.65. The van der Waals surface area contributed by atoms with Crippen molar-refractivity contribution in [1.29, 1.82) is 0 Å². The van der Waals surface area contributed by atoms with Gasteiger partial charge >= 0.3 is 0 Å². The molecule has 6 rings (SSSR count). The molecule has 0 saturated heterocycles. The van der Waals surface area contributed by atoms with Crippen molar-refractivity contribution in [3.8, 4) is 22.6 Å². The monoisotopic (exact) mass is 425 g/mol. The Balaban J connectivity index is 1.58. The maximum absolute atomic E-state index is 5.79. The second-order valence-electron chi connectivity index (χ2n) is 8.47. The van der Waals surface area contributed by atoms with Gasteiger partial charge in [0.2, 0.25) is 0 Å². The highest BCUT2D eigenvalue weighted by atomic mass is 16.5. The topological polar surface area (TPSA) is 14.2 Å². The summed E-state index contributed by atoms with van der Waals surface area (Å²) in [6.07, 6.45) is 7.54. The average molecular weight is 426 g/mol. The summed E-state index contributed by atoms with van der Waals surface area (Å²) in [5.74, 6) is 0.821. The Morgan fingerprint density at radius 2 is 1.45 bits per heavy atom. The second kappa shape index (κ2) is 7.68. The van der Waals surface area contributed by atoms with Gasteiger partial charge in [0.25, 0.3) is 0 Å². The number of hydrogen-bond donors (Lipinski definition) is 0. The van der Waals surface area contributed by atoms with Crippen molar-refractivity contribution in [2.75, 3.05) is 0 Å². The van der Waals surface area contributed by atoms with Gasteiger partial charge < -0.3 is 9.30 Å². The lowest BCUT2D eigenvalue weighted by atomic mass is 9.97. The molecule has 1 aliphatic rings. The zero-order valence-corrected chi connectivity index (χ0v) is 18.5. The van der Waals surface area contributed by atoms with Gasteiger partial charge in [0.15, 0.2) is 0 Å². The van der Waals surface area contributed by atoms with Crippen molar-refractivity contribution in [3.05, 3.63) is 127 Å². The number of fused-ring (bicyclic) bond motifs is 4. The summed E-state index contributed by atoms with van der Waals surface area (Å²) in [6.45, 7) is 6.38. The SMILES string of the molecule is C=C1/C=C\C=C/Oc2ccc(-c3ccc4c(c3)c3cc(C)ccc3n4-c3ccccc3)cc21. The highest BCUT2D eigenvalue weighted by Gasteiger charge is 2.15. The first-order valence-electron chi connectivity index (χ1n) is 11.1. The van der Waals surface area contributed by atoms with Crippen LogP contribution in [0.15, 0.2) is 116 Å². The first-order chi connectivity index (χ1) is 16.2. The van der Waals surface area contributed by atoms with Crippen LogP contribution in [0, 0.1) is 6.92 Å². The minimum atomic E-state index is 0.821. The Labute approximate surface area is 193 Å². The Hall–Kier alpha value is -4.30. The molecule has 0 unspecified atom stereocenters. The van der Waals surface area contributed by atoms with Crippen molar-refractivity contribution in [2.45, 2.75) is 6.92 Å². The molecule has 0 bridgehead atoms. The van der Waals surface area contributed by atoms with E-state index in [1.165, 1.54) is 38.6 Å². The number of nitrogens with zero attached hydrogens (tertiary/aromatic N) is 1. The molecule has 0 amide bonds. The number of ether oxygens (including phenoxy) is 1. The Morgan fingerprint density at radius 1 is 0.727 bits per heavy atom. The van der Waals surface area contributed by atoms with Crippen LogP contribution in [0.3, 0.4) is 0 Å². The molecule has 1 aromatic heterocycles. The number of rotatable bonds is 2. The van der Waals surface area contributed by atoms with E-state index >= 15 is 0 Å². The normalized spacial score (nSPS) is 15.0. The van der Waals surface area contributed by atoms with E-state index in [0.29, 0.717) is 0 Å². The highest BCUT2D eigenvalue weighted by molar-refractivity contribution is 6.10. The lowest BCUT2D eigenvalue weighted by Crippen LogP contribution is -1.93. The lowest BCUT2D eigenvalue weighted by molar-refractivity contribution is 0.479. The van der Waals surface area contributed by atoms with Crippen molar-refractivity contribution in [3.63, 3.8) is 0 Å². The number of allylic oxidation sites excluding steroid dienone is 4. The third kappa shape index (κ3) is 3.28. The van der Waals surface area contributed by atoms with Crippen molar-refractivity contribution >= 4 is 27.4 Å². The summed E-state index contributed by atoms with van der Waals surface area (Å²) in [5.41, 5.74) is 9.12. The fraction of sp³-hybridized carbons (Fsp3) is 0.0323. The van der Waals surface area contributed by atoms with E-state index in [2.05, 4.69) is 96.9 Å². The quantitative estimate of drug-likeness (QED) is 0.278. The second-order valence-corrected chi connectivity index (χ2v) is 8.47. The summed E-state index contributed by atoms with van der Waals surface area (Å²) < 4.78 is 8.14. The predicted octanol–water partition coefficient (Wildman–Crippen LogP) is 8.23. The van der Waals surface area contributed by atoms with Crippen LogP contribution < -0.4 is 4.74 Å². The van der Waals surface area contributed by atoms with Crippen LogP contribution in [-0.4, -0.2) is 4.57 Å². The number of para-hydroxylation sites is 1. The largest absolute Gasteiger partial charge is 0.464 e. The maximum Gasteiger partial charge on any atom is 0.134 e. The van der Waals surface area contributed by atoms with Crippen LogP contribution >= 0.6 is 0 Å². The van der Waals surface area contributed by atoms with Gasteiger partial charge in [-0.25, -0.2) is 0 Å². The number of aryl methyl sites for hydroxylation is 1. The molecule has 5 aromatic rings. The smallest absolute Gasteiger partial charge is 0.134 e. The Kier molecular flexibility index (Phi) is 4.51. The number of hydrogen-bond acceptors (Lipinski definition) is 1. The van der Waals surface area contributed by atoms with Crippen molar-refractivity contribution in [1.82, 2.24) is 4.57 Å².